The Morgan fingerprint density at radius 2 is 1.71 bits per heavy atom. The molecule has 0 fully saturated rings. The number of halogens is 1. The quantitative estimate of drug-likeness (QED) is 0.593. The fraction of sp³-hybridized carbons (Fsp3) is 0. The van der Waals surface area contributed by atoms with Gasteiger partial charge in [-0.1, -0.05) is 0 Å². The van der Waals surface area contributed by atoms with Crippen LogP contribution < -0.4 is 0 Å². The van der Waals surface area contributed by atoms with E-state index in [0.29, 0.717) is 4.90 Å². The summed E-state index contributed by atoms with van der Waals surface area (Å²) in [5, 5.41) is 20.8. The van der Waals surface area contributed by atoms with E-state index in [1.165, 1.54) is 6.07 Å². The number of nitro groups is 2. The summed E-state index contributed by atoms with van der Waals surface area (Å²) in [6.07, 6.45) is 0. The smallest absolute Gasteiger partial charge is 0.258 e. The van der Waals surface area contributed by atoms with Crippen molar-refractivity contribution >= 4 is 33.0 Å². The standard InChI is InChI=1S/C6H3ClN2O4S/c7-14-4-1-2-5(8(10)11)6(3-4)9(12)13/h1-3H. The molecule has 0 N–H and O–H groups in total. The van der Waals surface area contributed by atoms with Gasteiger partial charge in [0, 0.05) is 17.0 Å². The topological polar surface area (TPSA) is 86.3 Å². The zero-order valence-corrected chi connectivity index (χ0v) is 8.12. The van der Waals surface area contributed by atoms with Crippen LogP contribution in [-0.4, -0.2) is 9.85 Å². The first-order valence-corrected chi connectivity index (χ1v) is 4.92. The Hall–Kier alpha value is -1.34. The maximum atomic E-state index is 10.4. The van der Waals surface area contributed by atoms with Crippen LogP contribution in [0.5, 0.6) is 0 Å². The molecule has 0 aliphatic carbocycles. The molecule has 0 heterocycles. The van der Waals surface area contributed by atoms with Gasteiger partial charge in [0.25, 0.3) is 0 Å². The highest BCUT2D eigenvalue weighted by molar-refractivity contribution is 8.21. The third kappa shape index (κ3) is 2.12. The Morgan fingerprint density at radius 3 is 2.14 bits per heavy atom. The second-order valence-corrected chi connectivity index (χ2v) is 3.33. The van der Waals surface area contributed by atoms with Crippen LogP contribution in [-0.2, 0) is 0 Å². The Morgan fingerprint density at radius 1 is 1.14 bits per heavy atom. The molecule has 0 radical (unpaired) electrons. The minimum absolute atomic E-state index is 0.393. The lowest BCUT2D eigenvalue weighted by atomic mass is 10.3. The predicted octanol–water partition coefficient (Wildman–Crippen LogP) is 2.75. The Balaban J connectivity index is 3.31. The SMILES string of the molecule is O=[N+]([O-])c1ccc(SCl)cc1[N+](=O)[O-]. The molecule has 0 spiro atoms. The summed E-state index contributed by atoms with van der Waals surface area (Å²) in [6, 6.07) is 3.47. The zero-order chi connectivity index (χ0) is 10.7. The molecule has 8 heteroatoms. The number of nitrogens with zero attached hydrogens (tertiary/aromatic N) is 2. The molecule has 0 saturated heterocycles. The van der Waals surface area contributed by atoms with Crippen LogP contribution >= 0.6 is 21.7 Å². The molecule has 0 aliphatic rings. The zero-order valence-electron chi connectivity index (χ0n) is 6.55. The molecule has 1 aromatic carbocycles. The van der Waals surface area contributed by atoms with Gasteiger partial charge in [0.05, 0.1) is 9.85 Å². The van der Waals surface area contributed by atoms with Crippen molar-refractivity contribution < 1.29 is 9.85 Å². The van der Waals surface area contributed by atoms with E-state index in [-0.39, 0.29) is 0 Å². The summed E-state index contributed by atoms with van der Waals surface area (Å²) in [7, 11) is 6.13. The number of nitro benzene ring substituents is 2. The van der Waals surface area contributed by atoms with Crippen LogP contribution in [0.15, 0.2) is 23.1 Å². The number of benzene rings is 1. The molecule has 0 aliphatic heterocycles. The van der Waals surface area contributed by atoms with Crippen molar-refractivity contribution in [2.75, 3.05) is 0 Å². The lowest BCUT2D eigenvalue weighted by Gasteiger charge is -1.96. The van der Waals surface area contributed by atoms with Gasteiger partial charge in [-0.15, -0.1) is 0 Å². The van der Waals surface area contributed by atoms with Gasteiger partial charge < -0.3 is 0 Å². The molecule has 0 aromatic heterocycles. The van der Waals surface area contributed by atoms with E-state index in [1.807, 2.05) is 0 Å². The van der Waals surface area contributed by atoms with Crippen molar-refractivity contribution in [1.82, 2.24) is 0 Å². The van der Waals surface area contributed by atoms with Crippen LogP contribution in [0.3, 0.4) is 0 Å². The van der Waals surface area contributed by atoms with Gasteiger partial charge in [0.15, 0.2) is 0 Å². The van der Waals surface area contributed by atoms with Crippen molar-refractivity contribution in [2.45, 2.75) is 4.90 Å². The Kier molecular flexibility index (Phi) is 3.26. The summed E-state index contributed by atoms with van der Waals surface area (Å²) in [5.74, 6) is 0. The van der Waals surface area contributed by atoms with E-state index in [4.69, 9.17) is 10.7 Å². The van der Waals surface area contributed by atoms with E-state index in [2.05, 4.69) is 0 Å². The van der Waals surface area contributed by atoms with Crippen molar-refractivity contribution in [1.29, 1.82) is 0 Å². The predicted molar refractivity (Wildman–Crippen MR) is 51.5 cm³/mol. The van der Waals surface area contributed by atoms with Crippen LogP contribution in [0.25, 0.3) is 0 Å². The lowest BCUT2D eigenvalue weighted by Crippen LogP contribution is -1.96. The van der Waals surface area contributed by atoms with E-state index in [9.17, 15) is 20.2 Å². The van der Waals surface area contributed by atoms with Crippen molar-refractivity contribution in [3.05, 3.63) is 38.4 Å². The average molecular weight is 235 g/mol. The van der Waals surface area contributed by atoms with Crippen molar-refractivity contribution in [3.8, 4) is 0 Å². The summed E-state index contributed by atoms with van der Waals surface area (Å²) >= 11 is 0. The fourth-order valence-electron chi connectivity index (χ4n) is 0.852. The lowest BCUT2D eigenvalue weighted by molar-refractivity contribution is -0.422. The summed E-state index contributed by atoms with van der Waals surface area (Å²) < 4.78 is 0. The summed E-state index contributed by atoms with van der Waals surface area (Å²) in [6.45, 7) is 0. The highest BCUT2D eigenvalue weighted by Gasteiger charge is 2.23. The Labute approximate surface area is 86.7 Å². The molecule has 14 heavy (non-hydrogen) atoms. The minimum atomic E-state index is -0.811. The third-order valence-electron chi connectivity index (χ3n) is 1.43. The molecule has 74 valence electrons. The largest absolute Gasteiger partial charge is 0.347 e. The van der Waals surface area contributed by atoms with Gasteiger partial charge >= 0.3 is 11.4 Å². The average Bonchev–Trinajstić information content (AvgIpc) is 2.16. The first-order valence-electron chi connectivity index (χ1n) is 3.27. The first kappa shape index (κ1) is 10.7. The van der Waals surface area contributed by atoms with Gasteiger partial charge in [-0.2, -0.15) is 0 Å². The van der Waals surface area contributed by atoms with Crippen LogP contribution in [0.2, 0.25) is 0 Å². The Bertz CT molecular complexity index is 397. The second kappa shape index (κ2) is 4.25. The highest BCUT2D eigenvalue weighted by Crippen LogP contribution is 2.32. The van der Waals surface area contributed by atoms with Crippen molar-refractivity contribution in [3.63, 3.8) is 0 Å². The van der Waals surface area contributed by atoms with E-state index >= 15 is 0 Å². The maximum Gasteiger partial charge on any atom is 0.347 e. The van der Waals surface area contributed by atoms with E-state index in [1.54, 1.807) is 0 Å². The monoisotopic (exact) mass is 234 g/mol. The molecule has 0 saturated carbocycles. The number of hydrogen-bond acceptors (Lipinski definition) is 5. The molecular formula is C6H3ClN2O4S. The molecule has 1 rings (SSSR count). The molecule has 1 aromatic rings. The van der Waals surface area contributed by atoms with E-state index in [0.717, 1.165) is 23.1 Å². The summed E-state index contributed by atoms with van der Waals surface area (Å²) in [4.78, 5) is 19.6. The molecule has 0 bridgehead atoms. The normalized spacial score (nSPS) is 9.79. The van der Waals surface area contributed by atoms with Gasteiger partial charge in [0.2, 0.25) is 0 Å². The van der Waals surface area contributed by atoms with Gasteiger partial charge in [-0.25, -0.2) is 0 Å². The van der Waals surface area contributed by atoms with Crippen molar-refractivity contribution in [2.24, 2.45) is 0 Å². The third-order valence-corrected chi connectivity index (χ3v) is 2.40. The maximum absolute atomic E-state index is 10.4. The minimum Gasteiger partial charge on any atom is -0.258 e. The molecular weight excluding hydrogens is 232 g/mol. The first-order chi connectivity index (χ1) is 6.56. The van der Waals surface area contributed by atoms with Gasteiger partial charge in [-0.3, -0.25) is 20.2 Å². The summed E-state index contributed by atoms with van der Waals surface area (Å²) in [5.41, 5.74) is -1.09. The molecule has 0 atom stereocenters. The molecule has 0 unspecified atom stereocenters. The van der Waals surface area contributed by atoms with Crippen LogP contribution in [0.4, 0.5) is 11.4 Å². The molecule has 0 amide bonds. The number of rotatable bonds is 3. The van der Waals surface area contributed by atoms with Gasteiger partial charge in [-0.05, 0) is 27.7 Å². The van der Waals surface area contributed by atoms with Crippen LogP contribution in [0.1, 0.15) is 0 Å². The number of hydrogen-bond donors (Lipinski definition) is 0. The molecule has 6 nitrogen and oxygen atoms in total. The van der Waals surface area contributed by atoms with E-state index < -0.39 is 21.2 Å². The van der Waals surface area contributed by atoms with Crippen LogP contribution in [0, 0.1) is 20.2 Å². The second-order valence-electron chi connectivity index (χ2n) is 2.24. The highest BCUT2D eigenvalue weighted by atomic mass is 35.7. The van der Waals surface area contributed by atoms with Gasteiger partial charge in [0.1, 0.15) is 0 Å². The fourth-order valence-corrected chi connectivity index (χ4v) is 1.42.